The van der Waals surface area contributed by atoms with E-state index in [0.29, 0.717) is 10.8 Å². The smallest absolute Gasteiger partial charge is 0.137 e. The highest BCUT2D eigenvalue weighted by atomic mass is 35.5. The van der Waals surface area contributed by atoms with Crippen LogP contribution in [0.15, 0.2) is 34.7 Å². The lowest BCUT2D eigenvalue weighted by Crippen LogP contribution is -2.17. The number of aryl methyl sites for hydroxylation is 1. The summed E-state index contributed by atoms with van der Waals surface area (Å²) in [6.45, 7) is 2.07. The van der Waals surface area contributed by atoms with Crippen LogP contribution in [0.3, 0.4) is 0 Å². The molecule has 0 saturated carbocycles. The number of hydrogen-bond acceptors (Lipinski definition) is 3. The maximum Gasteiger partial charge on any atom is 0.137 e. The minimum Gasteiger partial charge on any atom is -0.495 e. The molecule has 1 aromatic carbocycles. The van der Waals surface area contributed by atoms with Crippen molar-refractivity contribution in [2.24, 2.45) is 0 Å². The summed E-state index contributed by atoms with van der Waals surface area (Å²) in [6, 6.07) is 9.74. The zero-order valence-electron chi connectivity index (χ0n) is 11.4. The standard InChI is InChI=1S/C15H18ClNO2/c1-4-11-6-8-13(19-11)15(17-2)10-5-7-12(16)14(9-10)18-3/h5-9,15,17H,4H2,1-3H3. The van der Waals surface area contributed by atoms with E-state index in [4.69, 9.17) is 20.8 Å². The van der Waals surface area contributed by atoms with E-state index in [0.717, 1.165) is 23.5 Å². The highest BCUT2D eigenvalue weighted by Crippen LogP contribution is 2.31. The number of nitrogens with one attached hydrogen (secondary N) is 1. The molecule has 0 spiro atoms. The average molecular weight is 280 g/mol. The zero-order chi connectivity index (χ0) is 13.8. The quantitative estimate of drug-likeness (QED) is 0.904. The predicted molar refractivity (Wildman–Crippen MR) is 77.0 cm³/mol. The molecular formula is C15H18ClNO2. The Bertz CT molecular complexity index is 551. The SMILES string of the molecule is CCc1ccc(C(NC)c2ccc(Cl)c(OC)c2)o1. The zero-order valence-corrected chi connectivity index (χ0v) is 12.1. The van der Waals surface area contributed by atoms with E-state index < -0.39 is 0 Å². The van der Waals surface area contributed by atoms with Gasteiger partial charge < -0.3 is 14.5 Å². The van der Waals surface area contributed by atoms with E-state index in [1.165, 1.54) is 0 Å². The molecule has 102 valence electrons. The lowest BCUT2D eigenvalue weighted by Gasteiger charge is -2.15. The molecule has 19 heavy (non-hydrogen) atoms. The van der Waals surface area contributed by atoms with Crippen molar-refractivity contribution in [3.05, 3.63) is 52.4 Å². The molecule has 3 nitrogen and oxygen atoms in total. The van der Waals surface area contributed by atoms with Crippen molar-refractivity contribution in [2.45, 2.75) is 19.4 Å². The van der Waals surface area contributed by atoms with Gasteiger partial charge in [0.05, 0.1) is 18.2 Å². The second-order valence-corrected chi connectivity index (χ2v) is 4.68. The van der Waals surface area contributed by atoms with Gasteiger partial charge in [-0.15, -0.1) is 0 Å². The molecule has 0 aliphatic carbocycles. The molecule has 4 heteroatoms. The maximum absolute atomic E-state index is 6.05. The van der Waals surface area contributed by atoms with Gasteiger partial charge in [-0.05, 0) is 36.9 Å². The molecule has 1 aromatic heterocycles. The van der Waals surface area contributed by atoms with Crippen molar-refractivity contribution in [1.29, 1.82) is 0 Å². The third-order valence-electron chi connectivity index (χ3n) is 3.11. The largest absolute Gasteiger partial charge is 0.495 e. The summed E-state index contributed by atoms with van der Waals surface area (Å²) in [4.78, 5) is 0. The molecule has 1 atom stereocenters. The first kappa shape index (κ1) is 14.0. The number of benzene rings is 1. The lowest BCUT2D eigenvalue weighted by molar-refractivity contribution is 0.411. The van der Waals surface area contributed by atoms with Crippen LogP contribution in [-0.4, -0.2) is 14.2 Å². The van der Waals surface area contributed by atoms with Crippen LogP contribution in [0.1, 0.15) is 30.0 Å². The topological polar surface area (TPSA) is 34.4 Å². The van der Waals surface area contributed by atoms with Gasteiger partial charge in [-0.25, -0.2) is 0 Å². The molecule has 0 amide bonds. The monoisotopic (exact) mass is 279 g/mol. The summed E-state index contributed by atoms with van der Waals surface area (Å²) in [6.07, 6.45) is 0.889. The summed E-state index contributed by atoms with van der Waals surface area (Å²) in [5, 5.41) is 3.86. The van der Waals surface area contributed by atoms with E-state index >= 15 is 0 Å². The predicted octanol–water partition coefficient (Wildman–Crippen LogP) is 3.81. The molecule has 0 fully saturated rings. The Labute approximate surface area is 118 Å². The second kappa shape index (κ2) is 6.13. The van der Waals surface area contributed by atoms with Crippen molar-refractivity contribution >= 4 is 11.6 Å². The Hall–Kier alpha value is -1.45. The highest BCUT2D eigenvalue weighted by molar-refractivity contribution is 6.32. The van der Waals surface area contributed by atoms with Crippen molar-refractivity contribution in [2.75, 3.05) is 14.2 Å². The second-order valence-electron chi connectivity index (χ2n) is 4.27. The van der Waals surface area contributed by atoms with Gasteiger partial charge in [0, 0.05) is 6.42 Å². The molecular weight excluding hydrogens is 262 g/mol. The van der Waals surface area contributed by atoms with Crippen molar-refractivity contribution < 1.29 is 9.15 Å². The molecule has 1 N–H and O–H groups in total. The van der Waals surface area contributed by atoms with Crippen LogP contribution in [0.5, 0.6) is 5.75 Å². The normalized spacial score (nSPS) is 12.4. The number of halogens is 1. The van der Waals surface area contributed by atoms with Crippen LogP contribution in [-0.2, 0) is 6.42 Å². The van der Waals surface area contributed by atoms with E-state index in [2.05, 4.69) is 12.2 Å². The van der Waals surface area contributed by atoms with Gasteiger partial charge in [-0.2, -0.15) is 0 Å². The summed E-state index contributed by atoms with van der Waals surface area (Å²) in [5.74, 6) is 2.54. The van der Waals surface area contributed by atoms with E-state index in [1.54, 1.807) is 7.11 Å². The fraction of sp³-hybridized carbons (Fsp3) is 0.333. The Morgan fingerprint density at radius 2 is 2.11 bits per heavy atom. The van der Waals surface area contributed by atoms with E-state index in [9.17, 15) is 0 Å². The number of furan rings is 1. The fourth-order valence-electron chi connectivity index (χ4n) is 2.07. The molecule has 0 saturated heterocycles. The number of methoxy groups -OCH3 is 1. The van der Waals surface area contributed by atoms with Crippen LogP contribution >= 0.6 is 11.6 Å². The molecule has 0 aliphatic heterocycles. The molecule has 1 unspecified atom stereocenters. The Kier molecular flexibility index (Phi) is 4.51. The van der Waals surface area contributed by atoms with Crippen LogP contribution in [0.2, 0.25) is 5.02 Å². The summed E-state index contributed by atoms with van der Waals surface area (Å²) in [7, 11) is 3.52. The molecule has 0 aliphatic rings. The number of ether oxygens (including phenoxy) is 1. The van der Waals surface area contributed by atoms with Crippen LogP contribution in [0, 0.1) is 0 Å². The molecule has 0 radical (unpaired) electrons. The molecule has 1 heterocycles. The summed E-state index contributed by atoms with van der Waals surface area (Å²) in [5.41, 5.74) is 1.06. The van der Waals surface area contributed by atoms with Gasteiger partial charge in [0.25, 0.3) is 0 Å². The fourth-order valence-corrected chi connectivity index (χ4v) is 2.26. The van der Waals surface area contributed by atoms with Crippen molar-refractivity contribution in [3.8, 4) is 5.75 Å². The third kappa shape index (κ3) is 2.94. The first-order chi connectivity index (χ1) is 9.19. The van der Waals surface area contributed by atoms with Gasteiger partial charge in [0.2, 0.25) is 0 Å². The summed E-state index contributed by atoms with van der Waals surface area (Å²) < 4.78 is 11.1. The third-order valence-corrected chi connectivity index (χ3v) is 3.42. The van der Waals surface area contributed by atoms with Gasteiger partial charge in [-0.3, -0.25) is 0 Å². The van der Waals surface area contributed by atoms with E-state index in [1.807, 2.05) is 37.4 Å². The highest BCUT2D eigenvalue weighted by Gasteiger charge is 2.17. The van der Waals surface area contributed by atoms with Crippen molar-refractivity contribution in [1.82, 2.24) is 5.32 Å². The Morgan fingerprint density at radius 1 is 1.32 bits per heavy atom. The van der Waals surface area contributed by atoms with Gasteiger partial charge in [-0.1, -0.05) is 24.6 Å². The first-order valence-electron chi connectivity index (χ1n) is 6.29. The van der Waals surface area contributed by atoms with Crippen LogP contribution < -0.4 is 10.1 Å². The number of hydrogen-bond donors (Lipinski definition) is 1. The van der Waals surface area contributed by atoms with Gasteiger partial charge >= 0.3 is 0 Å². The van der Waals surface area contributed by atoms with Crippen LogP contribution in [0.25, 0.3) is 0 Å². The Balaban J connectivity index is 2.36. The maximum atomic E-state index is 6.05. The van der Waals surface area contributed by atoms with Gasteiger partial charge in [0.1, 0.15) is 17.3 Å². The molecule has 2 rings (SSSR count). The minimum atomic E-state index is -0.00790. The van der Waals surface area contributed by atoms with Crippen LogP contribution in [0.4, 0.5) is 0 Å². The Morgan fingerprint density at radius 3 is 2.68 bits per heavy atom. The van der Waals surface area contributed by atoms with E-state index in [-0.39, 0.29) is 6.04 Å². The van der Waals surface area contributed by atoms with Gasteiger partial charge in [0.15, 0.2) is 0 Å². The number of rotatable bonds is 5. The molecule has 2 aromatic rings. The lowest BCUT2D eigenvalue weighted by atomic mass is 10.0. The molecule has 0 bridgehead atoms. The average Bonchev–Trinajstić information content (AvgIpc) is 2.90. The first-order valence-corrected chi connectivity index (χ1v) is 6.66. The summed E-state index contributed by atoms with van der Waals surface area (Å²) >= 11 is 6.05. The van der Waals surface area contributed by atoms with Crippen molar-refractivity contribution in [3.63, 3.8) is 0 Å². The minimum absolute atomic E-state index is 0.00790.